The Balaban J connectivity index is 1.76. The van der Waals surface area contributed by atoms with E-state index in [4.69, 9.17) is 16.0 Å². The van der Waals surface area contributed by atoms with Crippen molar-refractivity contribution in [2.24, 2.45) is 0 Å². The van der Waals surface area contributed by atoms with E-state index in [9.17, 15) is 0 Å². The molecule has 0 atom stereocenters. The molecule has 3 rings (SSSR count). The Kier molecular flexibility index (Phi) is 4.96. The largest absolute Gasteiger partial charge is 0.450 e. The van der Waals surface area contributed by atoms with Gasteiger partial charge < -0.3 is 11.1 Å². The van der Waals surface area contributed by atoms with Crippen LogP contribution in [0, 0.1) is 12.1 Å². The first-order chi connectivity index (χ1) is 12.0. The third-order valence-corrected chi connectivity index (χ3v) is 4.10. The monoisotopic (exact) mass is 328 g/mol. The maximum Gasteiger partial charge on any atom is 0.206 e. The number of pyridine rings is 1. The Morgan fingerprint density at radius 1 is 1.04 bits per heavy atom. The molecule has 0 saturated carbocycles. The molecule has 0 saturated heterocycles. The van der Waals surface area contributed by atoms with Crippen molar-refractivity contribution >= 4 is 5.69 Å². The quantitative estimate of drug-likeness (QED) is 0.587. The number of para-hydroxylation sites is 1. The van der Waals surface area contributed by atoms with Crippen LogP contribution in [-0.4, -0.2) is 4.98 Å². The zero-order valence-corrected chi connectivity index (χ0v) is 14.8. The predicted octanol–water partition coefficient (Wildman–Crippen LogP) is 5.60. The molecular weight excluding hydrogens is 306 g/mol. The summed E-state index contributed by atoms with van der Waals surface area (Å²) in [6.45, 7) is 6.19. The summed E-state index contributed by atoms with van der Waals surface area (Å²) in [6.07, 6.45) is 8.25. The molecule has 3 nitrogen and oxygen atoms in total. The summed E-state index contributed by atoms with van der Waals surface area (Å²) in [4.78, 5) is 4.73. The van der Waals surface area contributed by atoms with E-state index in [2.05, 4.69) is 26.0 Å². The second kappa shape index (κ2) is 7.32. The lowest BCUT2D eigenvalue weighted by Crippen LogP contribution is -2.03. The van der Waals surface area contributed by atoms with Crippen LogP contribution in [0.1, 0.15) is 26.5 Å². The number of nitrogens with two attached hydrogens (primary N) is 1. The highest BCUT2D eigenvalue weighted by atomic mass is 15.0. The first-order valence-electron chi connectivity index (χ1n) is 8.33. The van der Waals surface area contributed by atoms with Gasteiger partial charge in [0.25, 0.3) is 0 Å². The van der Waals surface area contributed by atoms with E-state index in [0.29, 0.717) is 0 Å². The Hall–Kier alpha value is -2.91. The maximum atomic E-state index is 6.07. The van der Waals surface area contributed by atoms with Crippen molar-refractivity contribution in [3.05, 3.63) is 101 Å². The molecule has 0 amide bonds. The lowest BCUT2D eigenvalue weighted by atomic mass is 10.0. The lowest BCUT2D eigenvalue weighted by Gasteiger charge is -2.22. The predicted molar refractivity (Wildman–Crippen MR) is 105 cm³/mol. The topological polar surface area (TPSA) is 53.0 Å². The maximum absolute atomic E-state index is 6.07. The van der Waals surface area contributed by atoms with Gasteiger partial charge in [0, 0.05) is 48.5 Å². The van der Waals surface area contributed by atoms with Gasteiger partial charge in [0.05, 0.1) is 17.3 Å². The first-order valence-corrected chi connectivity index (χ1v) is 8.33. The Morgan fingerprint density at radius 3 is 2.44 bits per heavy atom. The number of aromatic nitrogens is 1. The SMILES string of the molecule is CC(C)=C1C=C[C+]([N-][C+](C)c2cccc(-c3ccccc3N)n2)C=C1. The van der Waals surface area contributed by atoms with Crippen LogP contribution in [0.4, 0.5) is 5.69 Å². The smallest absolute Gasteiger partial charge is 0.206 e. The van der Waals surface area contributed by atoms with Crippen LogP contribution in [-0.2, 0) is 0 Å². The van der Waals surface area contributed by atoms with Gasteiger partial charge in [-0.1, -0.05) is 18.2 Å². The minimum absolute atomic E-state index is 0.725. The molecule has 1 aliphatic rings. The Bertz CT molecular complexity index is 826. The highest BCUT2D eigenvalue weighted by Gasteiger charge is 2.15. The summed E-state index contributed by atoms with van der Waals surface area (Å²) in [5.41, 5.74) is 12.0. The number of nitrogen functional groups attached to an aromatic ring is 1. The average molecular weight is 328 g/mol. The van der Waals surface area contributed by atoms with Gasteiger partial charge in [0.1, 0.15) is 0 Å². The molecule has 1 aromatic carbocycles. The minimum Gasteiger partial charge on any atom is -0.450 e. The van der Waals surface area contributed by atoms with Gasteiger partial charge in [-0.2, -0.15) is 0 Å². The fourth-order valence-corrected chi connectivity index (χ4v) is 2.64. The molecule has 0 spiro atoms. The van der Waals surface area contributed by atoms with Crippen molar-refractivity contribution in [3.63, 3.8) is 0 Å². The number of allylic oxidation sites excluding steroid dienone is 4. The van der Waals surface area contributed by atoms with E-state index in [-0.39, 0.29) is 0 Å². The van der Waals surface area contributed by atoms with E-state index < -0.39 is 0 Å². The van der Waals surface area contributed by atoms with Gasteiger partial charge in [-0.15, -0.1) is 0 Å². The van der Waals surface area contributed by atoms with Crippen molar-refractivity contribution in [1.29, 1.82) is 0 Å². The van der Waals surface area contributed by atoms with Gasteiger partial charge in [-0.3, -0.25) is 0 Å². The highest BCUT2D eigenvalue weighted by Crippen LogP contribution is 2.32. The highest BCUT2D eigenvalue weighted by molar-refractivity contribution is 5.73. The molecule has 1 aliphatic carbocycles. The third kappa shape index (κ3) is 3.95. The zero-order chi connectivity index (χ0) is 17.8. The van der Waals surface area contributed by atoms with Gasteiger partial charge in [-0.05, 0) is 43.6 Å². The van der Waals surface area contributed by atoms with Gasteiger partial charge in [-0.25, -0.2) is 4.98 Å². The molecule has 0 unspecified atom stereocenters. The van der Waals surface area contributed by atoms with Crippen LogP contribution in [0.25, 0.3) is 16.6 Å². The summed E-state index contributed by atoms with van der Waals surface area (Å²) < 4.78 is 0. The molecule has 0 radical (unpaired) electrons. The number of nitrogens with zero attached hydrogens (tertiary/aromatic N) is 2. The molecule has 2 N–H and O–H groups in total. The second-order valence-electron chi connectivity index (χ2n) is 6.24. The number of hydrogen-bond donors (Lipinski definition) is 1. The van der Waals surface area contributed by atoms with E-state index in [1.165, 1.54) is 11.1 Å². The fraction of sp³-hybridized carbons (Fsp3) is 0.136. The molecule has 124 valence electrons. The summed E-state index contributed by atoms with van der Waals surface area (Å²) >= 11 is 0. The Labute approximate surface area is 150 Å². The first kappa shape index (κ1) is 16.9. The number of hydrogen-bond acceptors (Lipinski definition) is 2. The number of anilines is 1. The zero-order valence-electron chi connectivity index (χ0n) is 14.8. The minimum atomic E-state index is 0.725. The molecule has 3 heteroatoms. The van der Waals surface area contributed by atoms with Crippen LogP contribution in [0.3, 0.4) is 0 Å². The normalized spacial score (nSPS) is 13.2. The second-order valence-corrected chi connectivity index (χ2v) is 6.24. The van der Waals surface area contributed by atoms with Crippen molar-refractivity contribution in [2.75, 3.05) is 5.73 Å². The van der Waals surface area contributed by atoms with E-state index in [1.807, 2.05) is 61.5 Å². The summed E-state index contributed by atoms with van der Waals surface area (Å²) in [5, 5.41) is 4.70. The van der Waals surface area contributed by atoms with Crippen LogP contribution < -0.4 is 5.73 Å². The summed E-state index contributed by atoms with van der Waals surface area (Å²) in [7, 11) is 0. The average Bonchev–Trinajstić information content (AvgIpc) is 2.62. The third-order valence-electron chi connectivity index (χ3n) is 4.10. The van der Waals surface area contributed by atoms with Crippen LogP contribution in [0.5, 0.6) is 0 Å². The molecule has 25 heavy (non-hydrogen) atoms. The Morgan fingerprint density at radius 2 is 1.76 bits per heavy atom. The molecule has 0 fully saturated rings. The summed E-state index contributed by atoms with van der Waals surface area (Å²) in [5.74, 6) is 0. The van der Waals surface area contributed by atoms with Crippen molar-refractivity contribution < 1.29 is 0 Å². The van der Waals surface area contributed by atoms with Crippen LogP contribution in [0.15, 0.2) is 77.9 Å². The van der Waals surface area contributed by atoms with E-state index >= 15 is 0 Å². The molecule has 2 aromatic rings. The molecular formula is C22H22N3+. The standard InChI is InChI=1S/C22H22N3/c1-15(2)17-11-13-18(14-12-17)24-16(3)21-9-6-10-22(25-21)19-7-4-5-8-20(19)23/h4-14H,23H2,1-3H3/q+1. The van der Waals surface area contributed by atoms with Gasteiger partial charge in [0.15, 0.2) is 0 Å². The molecule has 1 heterocycles. The van der Waals surface area contributed by atoms with Crippen molar-refractivity contribution in [3.8, 4) is 11.3 Å². The lowest BCUT2D eigenvalue weighted by molar-refractivity contribution is 1.07. The van der Waals surface area contributed by atoms with Gasteiger partial charge >= 0.3 is 0 Å². The number of benzene rings is 1. The van der Waals surface area contributed by atoms with Gasteiger partial charge in [0.2, 0.25) is 5.69 Å². The molecule has 0 aliphatic heterocycles. The fourth-order valence-electron chi connectivity index (χ4n) is 2.64. The van der Waals surface area contributed by atoms with Crippen LogP contribution in [0.2, 0.25) is 0 Å². The van der Waals surface area contributed by atoms with E-state index in [1.54, 1.807) is 0 Å². The van der Waals surface area contributed by atoms with Crippen LogP contribution >= 0.6 is 0 Å². The summed E-state index contributed by atoms with van der Waals surface area (Å²) in [6, 6.07) is 15.5. The molecule has 0 bridgehead atoms. The number of rotatable bonds is 4. The van der Waals surface area contributed by atoms with Crippen molar-refractivity contribution in [2.45, 2.75) is 20.8 Å². The van der Waals surface area contributed by atoms with Crippen molar-refractivity contribution in [1.82, 2.24) is 4.98 Å². The van der Waals surface area contributed by atoms with E-state index in [0.717, 1.165) is 34.7 Å². The molecule has 1 aromatic heterocycles.